The van der Waals surface area contributed by atoms with Gasteiger partial charge in [-0.1, -0.05) is 0 Å². The Morgan fingerprint density at radius 1 is 1.25 bits per heavy atom. The van der Waals surface area contributed by atoms with Gasteiger partial charge in [-0.15, -0.1) is 0 Å². The lowest BCUT2D eigenvalue weighted by Gasteiger charge is -2.20. The molecular weight excluding hydrogens is 209 g/mol. The first kappa shape index (κ1) is 12.3. The molecule has 0 radical (unpaired) electrons. The van der Waals surface area contributed by atoms with E-state index in [0.29, 0.717) is 5.56 Å². The molecule has 3 nitrogen and oxygen atoms in total. The average Bonchev–Trinajstić information content (AvgIpc) is 2.28. The van der Waals surface area contributed by atoms with Gasteiger partial charge in [-0.25, -0.2) is 0 Å². The number of hydrogen-bond acceptors (Lipinski definition) is 3. The summed E-state index contributed by atoms with van der Waals surface area (Å²) in [5.41, 5.74) is -0.297. The number of rotatable bonds is 3. The van der Waals surface area contributed by atoms with Crippen LogP contribution in [-0.4, -0.2) is 14.2 Å². The quantitative estimate of drug-likeness (QED) is 0.791. The lowest BCUT2D eigenvalue weighted by Crippen LogP contribution is -2.16. The Morgan fingerprint density at radius 3 is 2.31 bits per heavy atom. The summed E-state index contributed by atoms with van der Waals surface area (Å²) in [7, 11) is 2.75. The largest absolute Gasteiger partial charge is 0.494 e. The third kappa shape index (κ3) is 1.94. The molecule has 0 unspecified atom stereocenters. The molecule has 0 N–H and O–H groups in total. The van der Waals surface area contributed by atoms with E-state index in [0.717, 1.165) is 0 Å². The molecule has 0 atom stereocenters. The van der Waals surface area contributed by atoms with Crippen LogP contribution in [0.2, 0.25) is 0 Å². The van der Waals surface area contributed by atoms with Crippen molar-refractivity contribution in [3.05, 3.63) is 23.5 Å². The van der Waals surface area contributed by atoms with Crippen molar-refractivity contribution in [3.8, 4) is 17.6 Å². The van der Waals surface area contributed by atoms with Gasteiger partial charge in [0.25, 0.3) is 0 Å². The summed E-state index contributed by atoms with van der Waals surface area (Å²) in [6, 6.07) is 5.24. The second-order valence-corrected chi connectivity index (χ2v) is 3.90. The van der Waals surface area contributed by atoms with E-state index in [-0.39, 0.29) is 11.5 Å². The maximum atomic E-state index is 13.8. The second kappa shape index (κ2) is 4.40. The zero-order valence-electron chi connectivity index (χ0n) is 9.80. The number of hydrogen-bond donors (Lipinski definition) is 0. The number of nitriles is 1. The number of nitrogens with zero attached hydrogens (tertiary/aromatic N) is 1. The molecule has 1 aromatic rings. The minimum atomic E-state index is -0.807. The second-order valence-electron chi connectivity index (χ2n) is 3.90. The molecule has 0 heterocycles. The first-order chi connectivity index (χ1) is 7.47. The van der Waals surface area contributed by atoms with Crippen molar-refractivity contribution in [1.82, 2.24) is 0 Å². The molecule has 0 saturated carbocycles. The Balaban J connectivity index is 3.44. The van der Waals surface area contributed by atoms with Crippen LogP contribution in [0.15, 0.2) is 12.1 Å². The lowest BCUT2D eigenvalue weighted by molar-refractivity contribution is 0.343. The molecular formula is C12H14FNO2. The first-order valence-electron chi connectivity index (χ1n) is 4.80. The molecule has 1 aromatic carbocycles. The van der Waals surface area contributed by atoms with Gasteiger partial charge < -0.3 is 9.47 Å². The van der Waals surface area contributed by atoms with Crippen LogP contribution >= 0.6 is 0 Å². The summed E-state index contributed by atoms with van der Waals surface area (Å²) in [5.74, 6) is -0.411. The van der Waals surface area contributed by atoms with Crippen LogP contribution in [0.1, 0.15) is 19.4 Å². The average molecular weight is 223 g/mol. The van der Waals surface area contributed by atoms with Crippen molar-refractivity contribution >= 4 is 0 Å². The molecule has 0 spiro atoms. The third-order valence-electron chi connectivity index (χ3n) is 2.44. The molecule has 0 amide bonds. The van der Waals surface area contributed by atoms with Gasteiger partial charge >= 0.3 is 0 Å². The van der Waals surface area contributed by atoms with Crippen LogP contribution in [0.5, 0.6) is 11.5 Å². The fourth-order valence-electron chi connectivity index (χ4n) is 1.45. The highest BCUT2D eigenvalue weighted by molar-refractivity contribution is 5.48. The Bertz CT molecular complexity index is 435. The van der Waals surface area contributed by atoms with E-state index in [9.17, 15) is 4.39 Å². The molecule has 0 bridgehead atoms. The van der Waals surface area contributed by atoms with E-state index < -0.39 is 11.2 Å². The summed E-state index contributed by atoms with van der Waals surface area (Å²) in [4.78, 5) is 0. The van der Waals surface area contributed by atoms with Gasteiger partial charge in [0.2, 0.25) is 5.82 Å². The van der Waals surface area contributed by atoms with Gasteiger partial charge in [0.15, 0.2) is 11.5 Å². The summed E-state index contributed by atoms with van der Waals surface area (Å²) >= 11 is 0. The number of benzene rings is 1. The standard InChI is InChI=1S/C12H14FNO2/c1-12(2,7-14)8-5-6-9(15-3)10(13)11(8)16-4/h5-6H,1-4H3. The Kier molecular flexibility index (Phi) is 3.38. The van der Waals surface area contributed by atoms with Gasteiger partial charge in [-0.05, 0) is 26.0 Å². The maximum absolute atomic E-state index is 13.8. The molecule has 16 heavy (non-hydrogen) atoms. The molecule has 0 aliphatic rings. The summed E-state index contributed by atoms with van der Waals surface area (Å²) in [6.07, 6.45) is 0. The van der Waals surface area contributed by atoms with E-state index >= 15 is 0 Å². The van der Waals surface area contributed by atoms with Crippen LogP contribution in [-0.2, 0) is 5.41 Å². The molecule has 0 aromatic heterocycles. The highest BCUT2D eigenvalue weighted by Gasteiger charge is 2.27. The Hall–Kier alpha value is -1.76. The smallest absolute Gasteiger partial charge is 0.207 e. The van der Waals surface area contributed by atoms with Crippen LogP contribution in [0, 0.1) is 17.1 Å². The molecule has 1 rings (SSSR count). The summed E-state index contributed by atoms with van der Waals surface area (Å²) in [5, 5.41) is 9.03. The topological polar surface area (TPSA) is 42.2 Å². The molecule has 0 saturated heterocycles. The third-order valence-corrected chi connectivity index (χ3v) is 2.44. The van der Waals surface area contributed by atoms with E-state index in [4.69, 9.17) is 14.7 Å². The van der Waals surface area contributed by atoms with E-state index in [2.05, 4.69) is 6.07 Å². The van der Waals surface area contributed by atoms with E-state index in [1.54, 1.807) is 19.9 Å². The molecule has 4 heteroatoms. The summed E-state index contributed by atoms with van der Waals surface area (Å²) in [6.45, 7) is 3.41. The fourth-order valence-corrected chi connectivity index (χ4v) is 1.45. The highest BCUT2D eigenvalue weighted by Crippen LogP contribution is 2.37. The van der Waals surface area contributed by atoms with Gasteiger partial charge in [-0.3, -0.25) is 0 Å². The zero-order chi connectivity index (χ0) is 12.3. The van der Waals surface area contributed by atoms with Crippen molar-refractivity contribution in [2.45, 2.75) is 19.3 Å². The van der Waals surface area contributed by atoms with Crippen molar-refractivity contribution in [2.24, 2.45) is 0 Å². The van der Waals surface area contributed by atoms with Crippen LogP contribution in [0.4, 0.5) is 4.39 Å². The fraction of sp³-hybridized carbons (Fsp3) is 0.417. The molecule has 0 fully saturated rings. The lowest BCUT2D eigenvalue weighted by atomic mass is 9.85. The van der Waals surface area contributed by atoms with Gasteiger partial charge in [0.1, 0.15) is 0 Å². The maximum Gasteiger partial charge on any atom is 0.207 e. The van der Waals surface area contributed by atoms with Crippen LogP contribution in [0.25, 0.3) is 0 Å². The predicted octanol–water partition coefficient (Wildman–Crippen LogP) is 2.64. The van der Waals surface area contributed by atoms with Crippen molar-refractivity contribution < 1.29 is 13.9 Å². The minimum Gasteiger partial charge on any atom is -0.494 e. The van der Waals surface area contributed by atoms with Gasteiger partial charge in [0, 0.05) is 5.56 Å². The molecule has 86 valence electrons. The van der Waals surface area contributed by atoms with Crippen molar-refractivity contribution in [2.75, 3.05) is 14.2 Å². The number of ether oxygens (including phenoxy) is 2. The van der Waals surface area contributed by atoms with Crippen LogP contribution in [0.3, 0.4) is 0 Å². The monoisotopic (exact) mass is 223 g/mol. The van der Waals surface area contributed by atoms with Gasteiger partial charge in [0.05, 0.1) is 25.7 Å². The van der Waals surface area contributed by atoms with Crippen LogP contribution < -0.4 is 9.47 Å². The minimum absolute atomic E-state index is 0.0610. The zero-order valence-corrected chi connectivity index (χ0v) is 9.80. The number of halogens is 1. The van der Waals surface area contributed by atoms with E-state index in [1.165, 1.54) is 20.3 Å². The SMILES string of the molecule is COc1ccc(C(C)(C)C#N)c(OC)c1F. The highest BCUT2D eigenvalue weighted by atomic mass is 19.1. The van der Waals surface area contributed by atoms with E-state index in [1.807, 2.05) is 0 Å². The predicted molar refractivity (Wildman–Crippen MR) is 58.1 cm³/mol. The number of methoxy groups -OCH3 is 2. The Morgan fingerprint density at radius 2 is 1.88 bits per heavy atom. The summed E-state index contributed by atoms with van der Waals surface area (Å²) < 4.78 is 23.7. The molecule has 0 aliphatic heterocycles. The molecule has 0 aliphatic carbocycles. The first-order valence-corrected chi connectivity index (χ1v) is 4.80. The Labute approximate surface area is 94.4 Å². The van der Waals surface area contributed by atoms with Gasteiger partial charge in [-0.2, -0.15) is 9.65 Å². The van der Waals surface area contributed by atoms with Crippen molar-refractivity contribution in [1.29, 1.82) is 5.26 Å². The normalized spacial score (nSPS) is 10.8. The van der Waals surface area contributed by atoms with Crippen molar-refractivity contribution in [3.63, 3.8) is 0 Å².